The van der Waals surface area contributed by atoms with Crippen LogP contribution in [0.5, 0.6) is 5.88 Å². The fourth-order valence-electron chi connectivity index (χ4n) is 5.69. The number of aromatic nitrogens is 1. The monoisotopic (exact) mass is 635 g/mol. The van der Waals surface area contributed by atoms with E-state index in [2.05, 4.69) is 48.5 Å². The maximum absolute atomic E-state index is 12.1. The first-order valence-electron chi connectivity index (χ1n) is 17.2. The van der Waals surface area contributed by atoms with E-state index < -0.39 is 0 Å². The van der Waals surface area contributed by atoms with Gasteiger partial charge in [0.1, 0.15) is 0 Å². The Bertz CT molecular complexity index is 1460. The molecule has 0 atom stereocenters. The van der Waals surface area contributed by atoms with Crippen LogP contribution in [-0.2, 0) is 38.3 Å². The van der Waals surface area contributed by atoms with Gasteiger partial charge in [0.15, 0.2) is 0 Å². The second-order valence-electron chi connectivity index (χ2n) is 11.7. The molecule has 248 valence electrons. The molecule has 0 aliphatic carbocycles. The van der Waals surface area contributed by atoms with Crippen molar-refractivity contribution in [2.75, 3.05) is 19.8 Å². The summed E-state index contributed by atoms with van der Waals surface area (Å²) in [5, 5.41) is 0. The first kappa shape index (κ1) is 35.4. The van der Waals surface area contributed by atoms with Gasteiger partial charge in [0.2, 0.25) is 5.88 Å². The summed E-state index contributed by atoms with van der Waals surface area (Å²) in [5.74, 6) is 0.367. The molecular weight excluding hydrogens is 586 g/mol. The fraction of sp³-hybridized carbons (Fsp3) is 0.390. The maximum atomic E-state index is 12.1. The van der Waals surface area contributed by atoms with Gasteiger partial charge in [-0.05, 0) is 92.7 Å². The first-order chi connectivity index (χ1) is 23.1. The van der Waals surface area contributed by atoms with Crippen molar-refractivity contribution >= 4 is 11.9 Å². The Hall–Kier alpha value is -4.45. The molecule has 6 nitrogen and oxygen atoms in total. The molecule has 47 heavy (non-hydrogen) atoms. The predicted molar refractivity (Wildman–Crippen MR) is 188 cm³/mol. The molecule has 0 amide bonds. The summed E-state index contributed by atoms with van der Waals surface area (Å²) < 4.78 is 16.4. The van der Waals surface area contributed by atoms with Crippen molar-refractivity contribution < 1.29 is 23.8 Å². The Morgan fingerprint density at radius 2 is 1.23 bits per heavy atom. The Kier molecular flexibility index (Phi) is 15.0. The number of hydrogen-bond acceptors (Lipinski definition) is 6. The van der Waals surface area contributed by atoms with Crippen LogP contribution in [0.1, 0.15) is 81.9 Å². The van der Waals surface area contributed by atoms with Crippen LogP contribution in [-0.4, -0.2) is 36.7 Å². The van der Waals surface area contributed by atoms with Crippen LogP contribution >= 0.6 is 0 Å². The van der Waals surface area contributed by atoms with Crippen LogP contribution in [0.15, 0.2) is 91.0 Å². The van der Waals surface area contributed by atoms with E-state index in [4.69, 9.17) is 19.2 Å². The molecule has 0 radical (unpaired) electrons. The maximum Gasteiger partial charge on any atom is 0.306 e. The lowest BCUT2D eigenvalue weighted by Gasteiger charge is -2.13. The van der Waals surface area contributed by atoms with Crippen molar-refractivity contribution in [3.05, 3.63) is 108 Å². The minimum absolute atomic E-state index is 0.129. The van der Waals surface area contributed by atoms with Gasteiger partial charge in [0, 0.05) is 24.5 Å². The van der Waals surface area contributed by atoms with Gasteiger partial charge in [-0.15, -0.1) is 0 Å². The molecule has 1 aromatic heterocycles. The van der Waals surface area contributed by atoms with Gasteiger partial charge in [0.25, 0.3) is 0 Å². The second kappa shape index (κ2) is 19.9. The molecule has 0 unspecified atom stereocenters. The fourth-order valence-corrected chi connectivity index (χ4v) is 5.69. The minimum atomic E-state index is -0.155. The Morgan fingerprint density at radius 3 is 1.96 bits per heavy atom. The number of pyridine rings is 1. The van der Waals surface area contributed by atoms with Gasteiger partial charge >= 0.3 is 11.9 Å². The Labute approximate surface area is 280 Å². The van der Waals surface area contributed by atoms with E-state index in [1.807, 2.05) is 56.3 Å². The molecule has 0 fully saturated rings. The summed E-state index contributed by atoms with van der Waals surface area (Å²) >= 11 is 0. The third-order valence-corrected chi connectivity index (χ3v) is 8.15. The van der Waals surface area contributed by atoms with Crippen LogP contribution in [0, 0.1) is 0 Å². The number of esters is 2. The molecule has 0 saturated carbocycles. The number of aryl methyl sites for hydroxylation is 3. The predicted octanol–water partition coefficient (Wildman–Crippen LogP) is 9.37. The summed E-state index contributed by atoms with van der Waals surface area (Å²) in [6.07, 6.45) is 9.34. The molecule has 0 aliphatic heterocycles. The van der Waals surface area contributed by atoms with Crippen LogP contribution in [0.2, 0.25) is 0 Å². The summed E-state index contributed by atoms with van der Waals surface area (Å²) in [6, 6.07) is 31.4. The summed E-state index contributed by atoms with van der Waals surface area (Å²) in [5.41, 5.74) is 7.98. The van der Waals surface area contributed by atoms with Crippen molar-refractivity contribution in [1.82, 2.24) is 4.98 Å². The van der Waals surface area contributed by atoms with E-state index in [0.29, 0.717) is 45.0 Å². The van der Waals surface area contributed by atoms with E-state index in [0.717, 1.165) is 73.8 Å². The number of nitrogens with zero attached hydrogens (tertiary/aromatic N) is 1. The smallest absolute Gasteiger partial charge is 0.306 e. The highest BCUT2D eigenvalue weighted by molar-refractivity contribution is 5.72. The van der Waals surface area contributed by atoms with E-state index in [-0.39, 0.29) is 11.9 Å². The number of carbonyl (C=O) groups excluding carboxylic acids is 2. The zero-order valence-electron chi connectivity index (χ0n) is 28.0. The quantitative estimate of drug-likeness (QED) is 0.0712. The van der Waals surface area contributed by atoms with E-state index >= 15 is 0 Å². The van der Waals surface area contributed by atoms with Gasteiger partial charge in [-0.25, -0.2) is 4.98 Å². The summed E-state index contributed by atoms with van der Waals surface area (Å²) in [6.45, 7) is 5.12. The normalized spacial score (nSPS) is 10.9. The number of unbranched alkanes of at least 4 members (excludes halogenated alkanes) is 4. The number of carbonyl (C=O) groups is 2. The summed E-state index contributed by atoms with van der Waals surface area (Å²) in [7, 11) is 0. The van der Waals surface area contributed by atoms with Crippen LogP contribution in [0.25, 0.3) is 22.4 Å². The van der Waals surface area contributed by atoms with Gasteiger partial charge in [-0.1, -0.05) is 91.7 Å². The number of hydrogen-bond donors (Lipinski definition) is 0. The lowest BCUT2D eigenvalue weighted by atomic mass is 9.94. The summed E-state index contributed by atoms with van der Waals surface area (Å²) in [4.78, 5) is 28.6. The van der Waals surface area contributed by atoms with Crippen LogP contribution in [0.4, 0.5) is 0 Å². The minimum Gasteiger partial charge on any atom is -0.478 e. The van der Waals surface area contributed by atoms with Crippen molar-refractivity contribution in [3.8, 4) is 28.3 Å². The highest BCUT2D eigenvalue weighted by Gasteiger charge is 2.11. The van der Waals surface area contributed by atoms with Gasteiger partial charge in [-0.3, -0.25) is 9.59 Å². The van der Waals surface area contributed by atoms with Crippen molar-refractivity contribution in [2.45, 2.75) is 84.5 Å². The average Bonchev–Trinajstić information content (AvgIpc) is 3.10. The van der Waals surface area contributed by atoms with Gasteiger partial charge in [-0.2, -0.15) is 0 Å². The van der Waals surface area contributed by atoms with Crippen LogP contribution < -0.4 is 4.74 Å². The van der Waals surface area contributed by atoms with Crippen molar-refractivity contribution in [1.29, 1.82) is 0 Å². The number of rotatable bonds is 20. The molecule has 1 heterocycles. The molecule has 6 heteroatoms. The lowest BCUT2D eigenvalue weighted by Crippen LogP contribution is -2.07. The molecule has 0 aliphatic rings. The van der Waals surface area contributed by atoms with E-state index in [9.17, 15) is 9.59 Å². The van der Waals surface area contributed by atoms with Crippen molar-refractivity contribution in [3.63, 3.8) is 0 Å². The molecule has 4 aromatic rings. The molecular formula is C41H49NO5. The average molecular weight is 636 g/mol. The van der Waals surface area contributed by atoms with Gasteiger partial charge < -0.3 is 14.2 Å². The topological polar surface area (TPSA) is 74.7 Å². The second-order valence-corrected chi connectivity index (χ2v) is 11.7. The van der Waals surface area contributed by atoms with Gasteiger partial charge in [0.05, 0.1) is 25.5 Å². The lowest BCUT2D eigenvalue weighted by molar-refractivity contribution is -0.144. The number of ether oxygens (including phenoxy) is 3. The number of benzene rings is 3. The molecule has 0 spiro atoms. The molecule has 3 aromatic carbocycles. The van der Waals surface area contributed by atoms with Crippen molar-refractivity contribution in [2.24, 2.45) is 0 Å². The Morgan fingerprint density at radius 1 is 0.574 bits per heavy atom. The zero-order chi connectivity index (χ0) is 33.1. The van der Waals surface area contributed by atoms with E-state index in [1.165, 1.54) is 16.7 Å². The Balaban J connectivity index is 1.27. The van der Waals surface area contributed by atoms with E-state index in [1.54, 1.807) is 0 Å². The third-order valence-electron chi connectivity index (χ3n) is 8.15. The molecule has 4 rings (SSSR count). The first-order valence-corrected chi connectivity index (χ1v) is 17.2. The van der Waals surface area contributed by atoms with Crippen LogP contribution in [0.3, 0.4) is 0 Å². The standard InChI is InChI=1S/C41H49NO5/c1-3-45-40(43)23-15-14-17-32-24-25-34(36(29-32)26-27-41(44)46-4-2)20-9-5-6-16-28-47-39-31-37(33-18-10-7-11-19-33)30-38(42-39)35-21-12-8-13-22-35/h7-8,10-13,18-19,21-22,24-25,29-31H,3-6,9,14-17,20,23,26-28H2,1-2H3. The molecule has 0 saturated heterocycles. The molecule has 0 N–H and O–H groups in total. The highest BCUT2D eigenvalue weighted by atomic mass is 16.5. The zero-order valence-corrected chi connectivity index (χ0v) is 28.0. The molecule has 0 bridgehead atoms. The largest absolute Gasteiger partial charge is 0.478 e. The SMILES string of the molecule is CCOC(=O)CCCCc1ccc(CCCCCCOc2cc(-c3ccccc3)cc(-c3ccccc3)n2)c(CCC(=O)OCC)c1. The third kappa shape index (κ3) is 12.3. The highest BCUT2D eigenvalue weighted by Crippen LogP contribution is 2.29.